The fourth-order valence-corrected chi connectivity index (χ4v) is 4.97. The summed E-state index contributed by atoms with van der Waals surface area (Å²) in [6.07, 6.45) is -2.55. The van der Waals surface area contributed by atoms with Crippen LogP contribution < -0.4 is 0 Å². The highest BCUT2D eigenvalue weighted by Crippen LogP contribution is 2.55. The Hall–Kier alpha value is -2.26. The molecule has 0 aromatic carbocycles. The molecule has 2 aliphatic carbocycles. The first-order valence-corrected chi connectivity index (χ1v) is 10.1. The Balaban J connectivity index is 2.23. The fourth-order valence-electron chi connectivity index (χ4n) is 4.97. The Labute approximate surface area is 174 Å². The largest absolute Gasteiger partial charge is 0.459 e. The molecule has 9 heteroatoms. The Morgan fingerprint density at radius 2 is 1.87 bits per heavy atom. The Kier molecular flexibility index (Phi) is 5.35. The molecule has 2 N–H and O–H groups in total. The standard InChI is InChI=1S/C21H28O9/c1-6-7-15(24)28-14-9-19(4,30-11(3)22)12-8-13(23)10(2)16(12)17-21(14,27)20(5,26)18(25)29-17/h12,14,17,26-27H,6-9H2,1-5H3/t12?,14-,17-,19-,20+,21+/m0/s1. The number of fused-ring (bicyclic) bond motifs is 3. The van der Waals surface area contributed by atoms with Gasteiger partial charge in [-0.2, -0.15) is 0 Å². The molecule has 3 rings (SSSR count). The molecule has 1 saturated carbocycles. The van der Waals surface area contributed by atoms with Crippen molar-refractivity contribution >= 4 is 23.7 Å². The summed E-state index contributed by atoms with van der Waals surface area (Å²) in [4.78, 5) is 49.2. The molecule has 0 bridgehead atoms. The number of carbonyl (C=O) groups excluding carboxylic acids is 4. The van der Waals surface area contributed by atoms with Gasteiger partial charge in [0.05, 0.1) is 0 Å². The third-order valence-corrected chi connectivity index (χ3v) is 6.62. The number of allylic oxidation sites excluding steroid dienone is 1. The van der Waals surface area contributed by atoms with Gasteiger partial charge >= 0.3 is 17.9 Å². The number of ether oxygens (including phenoxy) is 3. The average molecular weight is 424 g/mol. The number of ketones is 1. The van der Waals surface area contributed by atoms with Crippen molar-refractivity contribution in [3.8, 4) is 0 Å². The minimum Gasteiger partial charge on any atom is -0.459 e. The molecule has 30 heavy (non-hydrogen) atoms. The second kappa shape index (κ2) is 7.16. The predicted octanol–water partition coefficient (Wildman–Crippen LogP) is 0.737. The molecule has 1 saturated heterocycles. The molecule has 0 spiro atoms. The molecule has 0 radical (unpaired) electrons. The monoisotopic (exact) mass is 424 g/mol. The van der Waals surface area contributed by atoms with E-state index in [2.05, 4.69) is 0 Å². The molecule has 2 fully saturated rings. The van der Waals surface area contributed by atoms with E-state index in [9.17, 15) is 29.4 Å². The first-order valence-electron chi connectivity index (χ1n) is 10.1. The van der Waals surface area contributed by atoms with Crippen LogP contribution in [0.15, 0.2) is 11.1 Å². The van der Waals surface area contributed by atoms with E-state index in [0.717, 1.165) is 6.92 Å². The Bertz CT molecular complexity index is 841. The van der Waals surface area contributed by atoms with Crippen LogP contribution in [0, 0.1) is 5.92 Å². The average Bonchev–Trinajstić information content (AvgIpc) is 2.98. The van der Waals surface area contributed by atoms with Gasteiger partial charge in [0, 0.05) is 32.1 Å². The summed E-state index contributed by atoms with van der Waals surface area (Å²) >= 11 is 0. The van der Waals surface area contributed by atoms with E-state index in [4.69, 9.17) is 14.2 Å². The van der Waals surface area contributed by atoms with Crippen LogP contribution >= 0.6 is 0 Å². The smallest absolute Gasteiger partial charge is 0.341 e. The molecule has 3 aliphatic rings. The molecule has 0 aromatic heterocycles. The van der Waals surface area contributed by atoms with Gasteiger partial charge in [0.25, 0.3) is 0 Å². The highest BCUT2D eigenvalue weighted by atomic mass is 16.6. The second-order valence-electron chi connectivity index (χ2n) is 8.78. The highest BCUT2D eigenvalue weighted by Gasteiger charge is 2.74. The lowest BCUT2D eigenvalue weighted by molar-refractivity contribution is -0.210. The van der Waals surface area contributed by atoms with Crippen molar-refractivity contribution in [2.45, 2.75) is 89.3 Å². The van der Waals surface area contributed by atoms with Gasteiger partial charge < -0.3 is 24.4 Å². The zero-order valence-electron chi connectivity index (χ0n) is 17.8. The lowest BCUT2D eigenvalue weighted by Crippen LogP contribution is -2.64. The van der Waals surface area contributed by atoms with Crippen molar-refractivity contribution in [2.75, 3.05) is 0 Å². The van der Waals surface area contributed by atoms with Gasteiger partial charge in [-0.3, -0.25) is 14.4 Å². The van der Waals surface area contributed by atoms with Crippen molar-refractivity contribution < 1.29 is 43.6 Å². The van der Waals surface area contributed by atoms with E-state index in [1.807, 2.05) is 0 Å². The van der Waals surface area contributed by atoms with Crippen molar-refractivity contribution in [1.29, 1.82) is 0 Å². The fraction of sp³-hybridized carbons (Fsp3) is 0.714. The third-order valence-electron chi connectivity index (χ3n) is 6.62. The SMILES string of the molecule is CCCC(=O)O[C@H]1C[C@](C)(OC(C)=O)C2CC(=O)C(C)=C2[C@@H]2OC(=O)[C@@](C)(O)[C@@]12O. The molecule has 0 amide bonds. The zero-order chi connectivity index (χ0) is 22.6. The zero-order valence-corrected chi connectivity index (χ0v) is 17.8. The predicted molar refractivity (Wildman–Crippen MR) is 101 cm³/mol. The van der Waals surface area contributed by atoms with Crippen LogP contribution in [0.5, 0.6) is 0 Å². The van der Waals surface area contributed by atoms with Gasteiger partial charge in [0.15, 0.2) is 23.1 Å². The quantitative estimate of drug-likeness (QED) is 0.494. The van der Waals surface area contributed by atoms with Crippen molar-refractivity contribution in [3.63, 3.8) is 0 Å². The Morgan fingerprint density at radius 1 is 1.23 bits per heavy atom. The minimum absolute atomic E-state index is 0.0210. The van der Waals surface area contributed by atoms with E-state index in [-0.39, 0.29) is 36.2 Å². The molecular formula is C21H28O9. The van der Waals surface area contributed by atoms with Gasteiger partial charge in [0.2, 0.25) is 0 Å². The maximum atomic E-state index is 12.5. The maximum absolute atomic E-state index is 12.5. The van der Waals surface area contributed by atoms with Gasteiger partial charge in [-0.25, -0.2) is 4.79 Å². The molecule has 1 heterocycles. The van der Waals surface area contributed by atoms with E-state index in [1.165, 1.54) is 13.8 Å². The molecular weight excluding hydrogens is 396 g/mol. The van der Waals surface area contributed by atoms with Gasteiger partial charge in [-0.1, -0.05) is 6.92 Å². The molecule has 6 atom stereocenters. The van der Waals surface area contributed by atoms with Crippen molar-refractivity contribution in [1.82, 2.24) is 0 Å². The first-order chi connectivity index (χ1) is 13.8. The number of aliphatic hydroxyl groups is 2. The molecule has 1 unspecified atom stereocenters. The second-order valence-corrected chi connectivity index (χ2v) is 8.78. The highest BCUT2D eigenvalue weighted by molar-refractivity contribution is 6.00. The maximum Gasteiger partial charge on any atom is 0.341 e. The van der Waals surface area contributed by atoms with Crippen LogP contribution in [0.25, 0.3) is 0 Å². The summed E-state index contributed by atoms with van der Waals surface area (Å²) in [6, 6.07) is 0. The van der Waals surface area contributed by atoms with Gasteiger partial charge in [-0.05, 0) is 38.3 Å². The third kappa shape index (κ3) is 3.06. The number of hydrogen-bond acceptors (Lipinski definition) is 9. The number of rotatable bonds is 4. The molecule has 166 valence electrons. The summed E-state index contributed by atoms with van der Waals surface area (Å²) in [5, 5.41) is 22.7. The summed E-state index contributed by atoms with van der Waals surface area (Å²) in [5.74, 6) is -3.28. The van der Waals surface area contributed by atoms with Crippen LogP contribution in [0.1, 0.15) is 60.3 Å². The number of carbonyl (C=O) groups is 4. The van der Waals surface area contributed by atoms with Crippen molar-refractivity contribution in [3.05, 3.63) is 11.1 Å². The van der Waals surface area contributed by atoms with E-state index in [1.54, 1.807) is 13.8 Å². The van der Waals surface area contributed by atoms with Crippen molar-refractivity contribution in [2.24, 2.45) is 5.92 Å². The summed E-state index contributed by atoms with van der Waals surface area (Å²) in [6.45, 7) is 7.21. The molecule has 0 aromatic rings. The van der Waals surface area contributed by atoms with Gasteiger partial charge in [0.1, 0.15) is 11.7 Å². The summed E-state index contributed by atoms with van der Waals surface area (Å²) in [7, 11) is 0. The van der Waals surface area contributed by atoms with E-state index >= 15 is 0 Å². The summed E-state index contributed by atoms with van der Waals surface area (Å²) in [5.41, 5.74) is -5.57. The lowest BCUT2D eigenvalue weighted by Gasteiger charge is -2.40. The normalized spacial score (nSPS) is 40.4. The first kappa shape index (κ1) is 22.4. The molecule has 1 aliphatic heterocycles. The topological polar surface area (TPSA) is 136 Å². The van der Waals surface area contributed by atoms with Crippen LogP contribution in [0.4, 0.5) is 0 Å². The van der Waals surface area contributed by atoms with Crippen LogP contribution in [0.3, 0.4) is 0 Å². The lowest BCUT2D eigenvalue weighted by atomic mass is 9.75. The van der Waals surface area contributed by atoms with E-state index in [0.29, 0.717) is 6.42 Å². The Morgan fingerprint density at radius 3 is 2.43 bits per heavy atom. The minimum atomic E-state index is -2.42. The van der Waals surface area contributed by atoms with E-state index < -0.39 is 52.8 Å². The summed E-state index contributed by atoms with van der Waals surface area (Å²) < 4.78 is 16.5. The number of esters is 3. The van der Waals surface area contributed by atoms with Gasteiger partial charge in [-0.15, -0.1) is 0 Å². The molecule has 9 nitrogen and oxygen atoms in total. The van der Waals surface area contributed by atoms with Crippen LogP contribution in [-0.4, -0.2) is 62.9 Å². The number of hydrogen-bond donors (Lipinski definition) is 2. The van der Waals surface area contributed by atoms with Crippen LogP contribution in [0.2, 0.25) is 0 Å². The van der Waals surface area contributed by atoms with Crippen LogP contribution in [-0.2, 0) is 33.4 Å². The number of Topliss-reactive ketones (excluding diaryl/α,β-unsaturated/α-hetero) is 1.